The summed E-state index contributed by atoms with van der Waals surface area (Å²) in [5.74, 6) is 0.320. The van der Waals surface area contributed by atoms with E-state index in [2.05, 4.69) is 25.2 Å². The van der Waals surface area contributed by atoms with Crippen molar-refractivity contribution in [3.05, 3.63) is 59.2 Å². The predicted molar refractivity (Wildman–Crippen MR) is 118 cm³/mol. The summed E-state index contributed by atoms with van der Waals surface area (Å²) in [5, 5.41) is 3.06. The molecule has 2 aliphatic rings. The van der Waals surface area contributed by atoms with Gasteiger partial charge in [0, 0.05) is 11.6 Å². The van der Waals surface area contributed by atoms with Crippen molar-refractivity contribution < 1.29 is 14.3 Å². The van der Waals surface area contributed by atoms with Gasteiger partial charge in [-0.2, -0.15) is 0 Å². The van der Waals surface area contributed by atoms with Crippen molar-refractivity contribution in [2.45, 2.75) is 64.5 Å². The number of nitrogens with zero attached hydrogens (tertiary/aromatic N) is 1. The Hall–Kier alpha value is -2.82. The van der Waals surface area contributed by atoms with Crippen molar-refractivity contribution >= 4 is 17.5 Å². The first kappa shape index (κ1) is 20.5. The number of carbonyl (C=O) groups is 2. The average Bonchev–Trinajstić information content (AvgIpc) is 2.80. The zero-order chi connectivity index (χ0) is 21.1. The fourth-order valence-corrected chi connectivity index (χ4v) is 4.37. The third-order valence-corrected chi connectivity index (χ3v) is 6.24. The standard InChI is InChI=1S/C25H30N2O3/c1-3-20(4-2)26-24(28)23-16-27(21-11-7-8-12-22(21)30-23)25(29)19-14-13-17-9-5-6-10-18(17)15-19/h7-8,11-15,20,23H,3-6,9-10,16H2,1-2H3,(H,26,28). The molecule has 1 aliphatic heterocycles. The molecule has 1 atom stereocenters. The van der Waals surface area contributed by atoms with Crippen molar-refractivity contribution in [3.63, 3.8) is 0 Å². The van der Waals surface area contributed by atoms with Gasteiger partial charge in [-0.3, -0.25) is 9.59 Å². The largest absolute Gasteiger partial charge is 0.477 e. The van der Waals surface area contributed by atoms with Crippen LogP contribution in [0.2, 0.25) is 0 Å². The van der Waals surface area contributed by atoms with Crippen LogP contribution < -0.4 is 15.0 Å². The number of rotatable bonds is 5. The van der Waals surface area contributed by atoms with Gasteiger partial charge >= 0.3 is 0 Å². The number of amides is 2. The Morgan fingerprint density at radius 1 is 1.07 bits per heavy atom. The predicted octanol–water partition coefficient (Wildman–Crippen LogP) is 4.28. The molecule has 2 aromatic carbocycles. The van der Waals surface area contributed by atoms with E-state index in [9.17, 15) is 9.59 Å². The van der Waals surface area contributed by atoms with Crippen molar-refractivity contribution in [3.8, 4) is 5.75 Å². The number of nitrogens with one attached hydrogen (secondary N) is 1. The molecule has 0 fully saturated rings. The molecule has 0 bridgehead atoms. The van der Waals surface area contributed by atoms with Gasteiger partial charge in [-0.25, -0.2) is 0 Å². The van der Waals surface area contributed by atoms with Crippen LogP contribution in [0, 0.1) is 0 Å². The fourth-order valence-electron chi connectivity index (χ4n) is 4.37. The van der Waals surface area contributed by atoms with E-state index in [4.69, 9.17) is 4.74 Å². The van der Waals surface area contributed by atoms with Gasteiger partial charge < -0.3 is 15.0 Å². The van der Waals surface area contributed by atoms with Gasteiger partial charge in [-0.1, -0.05) is 32.0 Å². The molecule has 5 nitrogen and oxygen atoms in total. The van der Waals surface area contributed by atoms with Crippen LogP contribution in [-0.4, -0.2) is 30.5 Å². The molecule has 0 radical (unpaired) electrons. The number of benzene rings is 2. The maximum Gasteiger partial charge on any atom is 0.263 e. The van der Waals surface area contributed by atoms with E-state index in [1.807, 2.05) is 36.4 Å². The molecule has 1 heterocycles. The van der Waals surface area contributed by atoms with E-state index in [1.165, 1.54) is 24.0 Å². The molecule has 0 aromatic heterocycles. The highest BCUT2D eigenvalue weighted by Gasteiger charge is 2.34. The Labute approximate surface area is 178 Å². The lowest BCUT2D eigenvalue weighted by atomic mass is 9.90. The van der Waals surface area contributed by atoms with Crippen LogP contribution in [-0.2, 0) is 17.6 Å². The summed E-state index contributed by atoms with van der Waals surface area (Å²) >= 11 is 0. The molecule has 30 heavy (non-hydrogen) atoms. The molecule has 0 saturated carbocycles. The monoisotopic (exact) mass is 406 g/mol. The van der Waals surface area contributed by atoms with E-state index in [0.29, 0.717) is 17.0 Å². The van der Waals surface area contributed by atoms with Crippen molar-refractivity contribution in [1.29, 1.82) is 0 Å². The SMILES string of the molecule is CCC(CC)NC(=O)C1CN(C(=O)c2ccc3c(c2)CCCC3)c2ccccc2O1. The summed E-state index contributed by atoms with van der Waals surface area (Å²) in [5.41, 5.74) is 4.01. The molecule has 158 valence electrons. The Morgan fingerprint density at radius 3 is 2.57 bits per heavy atom. The van der Waals surface area contributed by atoms with Crippen LogP contribution in [0.4, 0.5) is 5.69 Å². The smallest absolute Gasteiger partial charge is 0.263 e. The van der Waals surface area contributed by atoms with E-state index >= 15 is 0 Å². The third-order valence-electron chi connectivity index (χ3n) is 6.24. The molecule has 4 rings (SSSR count). The Kier molecular flexibility index (Phi) is 6.07. The van der Waals surface area contributed by atoms with Gasteiger partial charge in [-0.15, -0.1) is 0 Å². The van der Waals surface area contributed by atoms with Gasteiger partial charge in [-0.05, 0) is 73.9 Å². The van der Waals surface area contributed by atoms with Crippen LogP contribution >= 0.6 is 0 Å². The molecule has 1 unspecified atom stereocenters. The van der Waals surface area contributed by atoms with Crippen molar-refractivity contribution in [1.82, 2.24) is 5.32 Å². The lowest BCUT2D eigenvalue weighted by Crippen LogP contribution is -2.52. The molecule has 2 aromatic rings. The van der Waals surface area contributed by atoms with Crippen LogP contribution in [0.5, 0.6) is 5.75 Å². The number of fused-ring (bicyclic) bond motifs is 2. The van der Waals surface area contributed by atoms with Crippen LogP contribution in [0.3, 0.4) is 0 Å². The number of aryl methyl sites for hydroxylation is 2. The normalized spacial score (nSPS) is 17.7. The first-order chi connectivity index (χ1) is 14.6. The van der Waals surface area contributed by atoms with E-state index < -0.39 is 6.10 Å². The van der Waals surface area contributed by atoms with Gasteiger partial charge in [0.05, 0.1) is 12.2 Å². The second-order valence-electron chi connectivity index (χ2n) is 8.20. The molecular formula is C25H30N2O3. The number of anilines is 1. The quantitative estimate of drug-likeness (QED) is 0.806. The Balaban J connectivity index is 1.61. The molecule has 5 heteroatoms. The molecule has 0 saturated heterocycles. The number of para-hydroxylation sites is 2. The number of hydrogen-bond acceptors (Lipinski definition) is 3. The van der Waals surface area contributed by atoms with Crippen molar-refractivity contribution in [2.24, 2.45) is 0 Å². The van der Waals surface area contributed by atoms with E-state index in [-0.39, 0.29) is 24.4 Å². The zero-order valence-electron chi connectivity index (χ0n) is 17.8. The van der Waals surface area contributed by atoms with Crippen LogP contribution in [0.15, 0.2) is 42.5 Å². The molecule has 2 amide bonds. The molecular weight excluding hydrogens is 376 g/mol. The van der Waals surface area contributed by atoms with Crippen LogP contribution in [0.1, 0.15) is 61.0 Å². The van der Waals surface area contributed by atoms with E-state index in [1.54, 1.807) is 4.90 Å². The Bertz CT molecular complexity index is 936. The third kappa shape index (κ3) is 4.07. The highest BCUT2D eigenvalue weighted by molar-refractivity contribution is 6.08. The zero-order valence-corrected chi connectivity index (χ0v) is 17.8. The lowest BCUT2D eigenvalue weighted by molar-refractivity contribution is -0.128. The number of hydrogen-bond donors (Lipinski definition) is 1. The topological polar surface area (TPSA) is 58.6 Å². The van der Waals surface area contributed by atoms with Crippen molar-refractivity contribution in [2.75, 3.05) is 11.4 Å². The average molecular weight is 407 g/mol. The minimum absolute atomic E-state index is 0.0838. The summed E-state index contributed by atoms with van der Waals surface area (Å²) in [6.45, 7) is 4.31. The summed E-state index contributed by atoms with van der Waals surface area (Å²) in [6, 6.07) is 13.6. The van der Waals surface area contributed by atoms with Crippen LogP contribution in [0.25, 0.3) is 0 Å². The molecule has 1 N–H and O–H groups in total. The summed E-state index contributed by atoms with van der Waals surface area (Å²) in [4.78, 5) is 28.0. The highest BCUT2D eigenvalue weighted by Crippen LogP contribution is 2.34. The molecule has 1 aliphatic carbocycles. The second-order valence-corrected chi connectivity index (χ2v) is 8.20. The first-order valence-electron chi connectivity index (χ1n) is 11.1. The second kappa shape index (κ2) is 8.90. The minimum atomic E-state index is -0.720. The summed E-state index contributed by atoms with van der Waals surface area (Å²) in [7, 11) is 0. The lowest BCUT2D eigenvalue weighted by Gasteiger charge is -2.35. The van der Waals surface area contributed by atoms with Gasteiger partial charge in [0.25, 0.3) is 11.8 Å². The fraction of sp³-hybridized carbons (Fsp3) is 0.440. The summed E-state index contributed by atoms with van der Waals surface area (Å²) < 4.78 is 5.98. The maximum absolute atomic E-state index is 13.5. The number of ether oxygens (including phenoxy) is 1. The molecule has 0 spiro atoms. The maximum atomic E-state index is 13.5. The highest BCUT2D eigenvalue weighted by atomic mass is 16.5. The van der Waals surface area contributed by atoms with Gasteiger partial charge in [0.1, 0.15) is 5.75 Å². The van der Waals surface area contributed by atoms with Gasteiger partial charge in [0.2, 0.25) is 0 Å². The van der Waals surface area contributed by atoms with E-state index in [0.717, 1.165) is 25.7 Å². The first-order valence-corrected chi connectivity index (χ1v) is 11.1. The Morgan fingerprint density at radius 2 is 1.80 bits per heavy atom. The minimum Gasteiger partial charge on any atom is -0.477 e. The van der Waals surface area contributed by atoms with Gasteiger partial charge in [0.15, 0.2) is 6.10 Å². The summed E-state index contributed by atoms with van der Waals surface area (Å²) in [6.07, 6.45) is 5.50. The number of carbonyl (C=O) groups excluding carboxylic acids is 2.